The van der Waals surface area contributed by atoms with E-state index >= 15 is 0 Å². The van der Waals surface area contributed by atoms with Gasteiger partial charge in [-0.1, -0.05) is 22.0 Å². The number of ether oxygens (including phenoxy) is 1. The number of esters is 1. The first-order valence-corrected chi connectivity index (χ1v) is 8.73. The lowest BCUT2D eigenvalue weighted by Gasteiger charge is -2.26. The minimum absolute atomic E-state index is 0.0168. The summed E-state index contributed by atoms with van der Waals surface area (Å²) in [5.74, 6) is -0.687. The van der Waals surface area contributed by atoms with Gasteiger partial charge in [-0.15, -0.1) is 5.10 Å². The number of carbonyl (C=O) groups excluding carboxylic acids is 1. The van der Waals surface area contributed by atoms with Crippen LogP contribution in [0, 0.1) is 17.1 Å². The molecule has 138 valence electrons. The van der Waals surface area contributed by atoms with Crippen molar-refractivity contribution in [2.24, 2.45) is 4.99 Å². The standard InChI is InChI=1S/C17H14BrFN6O2/c1-3-27-16(26)14-9(2)22-17(25-8-21-13(7-20)24-25)23-15(14)11-5-4-10(19)6-12(11)18/h4-6,8,15H,3H2,1-2H3,(H,22,23). The summed E-state index contributed by atoms with van der Waals surface area (Å²) in [5.41, 5.74) is 1.39. The second kappa shape index (κ2) is 7.67. The van der Waals surface area contributed by atoms with Crippen LogP contribution < -0.4 is 5.32 Å². The molecule has 3 rings (SSSR count). The van der Waals surface area contributed by atoms with Crippen LogP contribution in [0.5, 0.6) is 0 Å². The second-order valence-electron chi connectivity index (χ2n) is 5.53. The maximum Gasteiger partial charge on any atom is 0.338 e. The highest BCUT2D eigenvalue weighted by Gasteiger charge is 2.32. The van der Waals surface area contributed by atoms with Crippen LogP contribution in [0.2, 0.25) is 0 Å². The molecule has 1 aliphatic rings. The van der Waals surface area contributed by atoms with Crippen molar-refractivity contribution in [3.8, 4) is 6.07 Å². The van der Waals surface area contributed by atoms with Crippen molar-refractivity contribution in [3.63, 3.8) is 0 Å². The minimum atomic E-state index is -0.759. The van der Waals surface area contributed by atoms with Crippen LogP contribution in [0.3, 0.4) is 0 Å². The number of hydrogen-bond acceptors (Lipinski definition) is 7. The Kier molecular flexibility index (Phi) is 5.32. The molecular formula is C17H14BrFN6O2. The van der Waals surface area contributed by atoms with E-state index < -0.39 is 17.8 Å². The Hall–Kier alpha value is -3.06. The molecule has 1 N–H and O–H groups in total. The molecule has 1 aliphatic heterocycles. The van der Waals surface area contributed by atoms with Crippen molar-refractivity contribution in [2.45, 2.75) is 19.9 Å². The molecule has 1 atom stereocenters. The Balaban J connectivity index is 2.12. The SMILES string of the molecule is CCOC(=O)C1=C(C)NC(n2cnc(C#N)n2)=NC1c1ccc(F)cc1Br. The van der Waals surface area contributed by atoms with Gasteiger partial charge in [0.1, 0.15) is 24.3 Å². The first-order chi connectivity index (χ1) is 12.9. The molecule has 2 heterocycles. The van der Waals surface area contributed by atoms with Gasteiger partial charge in [-0.3, -0.25) is 0 Å². The van der Waals surface area contributed by atoms with Gasteiger partial charge in [0.2, 0.25) is 5.96 Å². The predicted molar refractivity (Wildman–Crippen MR) is 96.9 cm³/mol. The smallest absolute Gasteiger partial charge is 0.338 e. The third kappa shape index (κ3) is 3.73. The molecule has 1 aromatic heterocycles. The van der Waals surface area contributed by atoms with Crippen molar-refractivity contribution in [2.75, 3.05) is 6.61 Å². The summed E-state index contributed by atoms with van der Waals surface area (Å²) in [4.78, 5) is 20.9. The van der Waals surface area contributed by atoms with E-state index in [2.05, 4.69) is 36.3 Å². The average Bonchev–Trinajstić information content (AvgIpc) is 3.10. The molecule has 0 fully saturated rings. The number of nitrogens with zero attached hydrogens (tertiary/aromatic N) is 5. The normalized spacial score (nSPS) is 16.4. The molecule has 0 saturated carbocycles. The molecular weight excluding hydrogens is 419 g/mol. The molecule has 8 nitrogen and oxygen atoms in total. The number of benzene rings is 1. The number of nitriles is 1. The molecule has 1 aromatic carbocycles. The Morgan fingerprint density at radius 3 is 2.93 bits per heavy atom. The summed E-state index contributed by atoms with van der Waals surface area (Å²) in [6, 6.07) is 5.22. The lowest BCUT2D eigenvalue weighted by molar-refractivity contribution is -0.138. The third-order valence-electron chi connectivity index (χ3n) is 3.79. The second-order valence-corrected chi connectivity index (χ2v) is 6.38. The van der Waals surface area contributed by atoms with Crippen LogP contribution in [-0.2, 0) is 9.53 Å². The fourth-order valence-electron chi connectivity index (χ4n) is 2.61. The highest BCUT2D eigenvalue weighted by molar-refractivity contribution is 9.10. The van der Waals surface area contributed by atoms with Crippen molar-refractivity contribution in [1.82, 2.24) is 20.1 Å². The van der Waals surface area contributed by atoms with Crippen molar-refractivity contribution < 1.29 is 13.9 Å². The number of aliphatic imine (C=N–C) groups is 1. The molecule has 0 aliphatic carbocycles. The zero-order chi connectivity index (χ0) is 19.6. The van der Waals surface area contributed by atoms with Crippen molar-refractivity contribution >= 4 is 27.9 Å². The Morgan fingerprint density at radius 2 is 2.30 bits per heavy atom. The number of halogens is 2. The highest BCUT2D eigenvalue weighted by atomic mass is 79.9. The van der Waals surface area contributed by atoms with Gasteiger partial charge < -0.3 is 10.1 Å². The van der Waals surface area contributed by atoms with E-state index in [1.165, 1.54) is 23.1 Å². The van der Waals surface area contributed by atoms with Gasteiger partial charge in [0.25, 0.3) is 5.82 Å². The maximum atomic E-state index is 13.5. The molecule has 1 unspecified atom stereocenters. The summed E-state index contributed by atoms with van der Waals surface area (Å²) >= 11 is 3.33. The molecule has 0 radical (unpaired) electrons. The summed E-state index contributed by atoms with van der Waals surface area (Å²) in [5, 5.41) is 15.9. The van der Waals surface area contributed by atoms with E-state index in [1.807, 2.05) is 6.07 Å². The van der Waals surface area contributed by atoms with Crippen LogP contribution in [0.25, 0.3) is 0 Å². The number of carbonyl (C=O) groups is 1. The summed E-state index contributed by atoms with van der Waals surface area (Å²) in [6.45, 7) is 3.62. The van der Waals surface area contributed by atoms with Gasteiger partial charge in [-0.25, -0.2) is 19.2 Å². The van der Waals surface area contributed by atoms with Gasteiger partial charge in [-0.05, 0) is 31.5 Å². The molecule has 2 aromatic rings. The number of rotatable bonds is 3. The zero-order valence-electron chi connectivity index (χ0n) is 14.4. The molecule has 27 heavy (non-hydrogen) atoms. The van der Waals surface area contributed by atoms with E-state index in [-0.39, 0.29) is 18.4 Å². The summed E-state index contributed by atoms with van der Waals surface area (Å²) in [6.07, 6.45) is 1.34. The number of nitrogens with one attached hydrogen (secondary N) is 1. The van der Waals surface area contributed by atoms with Crippen LogP contribution in [0.4, 0.5) is 4.39 Å². The van der Waals surface area contributed by atoms with Crippen LogP contribution in [-0.4, -0.2) is 33.3 Å². The van der Waals surface area contributed by atoms with Gasteiger partial charge in [0.05, 0.1) is 12.2 Å². The zero-order valence-corrected chi connectivity index (χ0v) is 16.0. The fraction of sp³-hybridized carbons (Fsp3) is 0.235. The van der Waals surface area contributed by atoms with Gasteiger partial charge in [-0.2, -0.15) is 9.94 Å². The van der Waals surface area contributed by atoms with E-state index in [0.717, 1.165) is 0 Å². The van der Waals surface area contributed by atoms with Crippen LogP contribution in [0.15, 0.2) is 45.3 Å². The molecule has 10 heteroatoms. The summed E-state index contributed by atoms with van der Waals surface area (Å²) in [7, 11) is 0. The minimum Gasteiger partial charge on any atom is -0.463 e. The van der Waals surface area contributed by atoms with Gasteiger partial charge in [0, 0.05) is 10.2 Å². The lowest BCUT2D eigenvalue weighted by Crippen LogP contribution is -2.36. The van der Waals surface area contributed by atoms with Crippen LogP contribution in [0.1, 0.15) is 31.3 Å². The average molecular weight is 433 g/mol. The fourth-order valence-corrected chi connectivity index (χ4v) is 3.18. The first-order valence-electron chi connectivity index (χ1n) is 7.94. The number of allylic oxidation sites excluding steroid dienone is 1. The predicted octanol–water partition coefficient (Wildman–Crippen LogP) is 2.44. The van der Waals surface area contributed by atoms with Crippen molar-refractivity contribution in [1.29, 1.82) is 5.26 Å². The van der Waals surface area contributed by atoms with Crippen molar-refractivity contribution in [3.05, 3.63) is 57.5 Å². The number of aromatic nitrogens is 3. The Labute approximate surface area is 162 Å². The maximum absolute atomic E-state index is 13.5. The summed E-state index contributed by atoms with van der Waals surface area (Å²) < 4.78 is 20.4. The van der Waals surface area contributed by atoms with E-state index in [4.69, 9.17) is 10.00 Å². The monoisotopic (exact) mass is 432 g/mol. The Morgan fingerprint density at radius 1 is 1.52 bits per heavy atom. The van der Waals surface area contributed by atoms with E-state index in [9.17, 15) is 9.18 Å². The Bertz CT molecular complexity index is 1010. The van der Waals surface area contributed by atoms with Crippen LogP contribution >= 0.6 is 15.9 Å². The molecule has 0 saturated heterocycles. The van der Waals surface area contributed by atoms with Gasteiger partial charge >= 0.3 is 5.97 Å². The lowest BCUT2D eigenvalue weighted by atomic mass is 9.96. The molecule has 0 bridgehead atoms. The quantitative estimate of drug-likeness (QED) is 0.746. The third-order valence-corrected chi connectivity index (χ3v) is 4.48. The van der Waals surface area contributed by atoms with Gasteiger partial charge in [0.15, 0.2) is 0 Å². The number of hydrogen-bond donors (Lipinski definition) is 1. The molecule has 0 amide bonds. The first kappa shape index (κ1) is 18.7. The highest BCUT2D eigenvalue weighted by Crippen LogP contribution is 2.35. The largest absolute Gasteiger partial charge is 0.463 e. The van der Waals surface area contributed by atoms with E-state index in [1.54, 1.807) is 19.9 Å². The van der Waals surface area contributed by atoms with E-state index in [0.29, 0.717) is 21.3 Å². The molecule has 0 spiro atoms. The topological polar surface area (TPSA) is 105 Å².